The van der Waals surface area contributed by atoms with Crippen molar-refractivity contribution < 1.29 is 24.2 Å². The summed E-state index contributed by atoms with van der Waals surface area (Å²) in [5.74, 6) is 0.585. The Hall–Kier alpha value is -3.04. The molecule has 1 saturated heterocycles. The number of nitrogens with zero attached hydrogens (tertiary/aromatic N) is 3. The minimum Gasteiger partial charge on any atom is -0.467 e. The number of unbranched alkanes of at least 4 members (excludes halogenated alkanes) is 4. The standard InChI is InChI=1S/C26H41N5O5/c1-18-16-30(26(34)35)17-19(2)31(18)25(33)29-22(24(32)36-3)12-8-6-4-5-7-11-21-14-13-20-10-9-15-27-23(20)28-21/h13-14,18-19,22H,4-12,15-17H2,1-3H3,(H,27,28)(H,29,33)(H,34,35)/t18-,19+,22?. The Morgan fingerprint density at radius 2 is 1.83 bits per heavy atom. The first-order valence-electron chi connectivity index (χ1n) is 13.2. The van der Waals surface area contributed by atoms with Crippen LogP contribution in [0.25, 0.3) is 0 Å². The minimum atomic E-state index is -0.989. The molecule has 0 bridgehead atoms. The monoisotopic (exact) mass is 503 g/mol. The molecule has 1 fully saturated rings. The second-order valence-electron chi connectivity index (χ2n) is 9.97. The zero-order chi connectivity index (χ0) is 26.1. The fourth-order valence-electron chi connectivity index (χ4n) is 5.19. The van der Waals surface area contributed by atoms with E-state index in [9.17, 15) is 19.5 Å². The van der Waals surface area contributed by atoms with Gasteiger partial charge in [-0.1, -0.05) is 31.7 Å². The maximum Gasteiger partial charge on any atom is 0.407 e. The van der Waals surface area contributed by atoms with Crippen LogP contribution in [0, 0.1) is 0 Å². The number of piperazine rings is 1. The molecule has 0 spiro atoms. The predicted octanol–water partition coefficient (Wildman–Crippen LogP) is 3.65. The summed E-state index contributed by atoms with van der Waals surface area (Å²) < 4.78 is 4.92. The number of pyridine rings is 1. The van der Waals surface area contributed by atoms with E-state index < -0.39 is 18.1 Å². The van der Waals surface area contributed by atoms with E-state index in [-0.39, 0.29) is 31.2 Å². The molecular weight excluding hydrogens is 462 g/mol. The van der Waals surface area contributed by atoms with Gasteiger partial charge in [0.2, 0.25) is 0 Å². The van der Waals surface area contributed by atoms with Gasteiger partial charge < -0.3 is 30.3 Å². The molecule has 1 aromatic heterocycles. The van der Waals surface area contributed by atoms with Gasteiger partial charge in [0.15, 0.2) is 0 Å². The molecule has 3 amide bonds. The van der Waals surface area contributed by atoms with Gasteiger partial charge in [-0.05, 0) is 57.6 Å². The van der Waals surface area contributed by atoms with Crippen molar-refractivity contribution in [2.24, 2.45) is 0 Å². The number of amides is 3. The van der Waals surface area contributed by atoms with E-state index in [1.807, 2.05) is 13.8 Å². The van der Waals surface area contributed by atoms with E-state index in [0.717, 1.165) is 69.4 Å². The molecule has 0 aromatic carbocycles. The average Bonchev–Trinajstić information content (AvgIpc) is 2.86. The summed E-state index contributed by atoms with van der Waals surface area (Å²) >= 11 is 0. The van der Waals surface area contributed by atoms with Crippen LogP contribution < -0.4 is 10.6 Å². The van der Waals surface area contributed by atoms with Crippen LogP contribution in [0.4, 0.5) is 15.4 Å². The number of esters is 1. The van der Waals surface area contributed by atoms with E-state index in [4.69, 9.17) is 9.72 Å². The number of hydrogen-bond donors (Lipinski definition) is 3. The molecule has 200 valence electrons. The molecule has 3 heterocycles. The van der Waals surface area contributed by atoms with Gasteiger partial charge >= 0.3 is 18.1 Å². The fourth-order valence-corrected chi connectivity index (χ4v) is 5.19. The van der Waals surface area contributed by atoms with E-state index in [1.165, 1.54) is 17.6 Å². The lowest BCUT2D eigenvalue weighted by molar-refractivity contribution is -0.143. The van der Waals surface area contributed by atoms with Crippen LogP contribution in [-0.2, 0) is 22.4 Å². The number of aryl methyl sites for hydroxylation is 2. The lowest BCUT2D eigenvalue weighted by atomic mass is 10.0. The van der Waals surface area contributed by atoms with Crippen LogP contribution in [0.2, 0.25) is 0 Å². The van der Waals surface area contributed by atoms with Crippen LogP contribution in [0.3, 0.4) is 0 Å². The Morgan fingerprint density at radius 1 is 1.14 bits per heavy atom. The minimum absolute atomic E-state index is 0.244. The Morgan fingerprint density at radius 3 is 2.53 bits per heavy atom. The third-order valence-electron chi connectivity index (χ3n) is 7.08. The maximum absolute atomic E-state index is 13.0. The zero-order valence-corrected chi connectivity index (χ0v) is 21.8. The topological polar surface area (TPSA) is 124 Å². The molecule has 0 radical (unpaired) electrons. The zero-order valence-electron chi connectivity index (χ0n) is 21.8. The van der Waals surface area contributed by atoms with Crippen molar-refractivity contribution in [2.45, 2.75) is 89.8 Å². The van der Waals surface area contributed by atoms with Gasteiger partial charge in [0.1, 0.15) is 11.9 Å². The van der Waals surface area contributed by atoms with E-state index in [0.29, 0.717) is 6.42 Å². The molecule has 3 atom stereocenters. The summed E-state index contributed by atoms with van der Waals surface area (Å²) in [5, 5.41) is 15.5. The third-order valence-corrected chi connectivity index (χ3v) is 7.08. The fraction of sp³-hybridized carbons (Fsp3) is 0.692. The second-order valence-corrected chi connectivity index (χ2v) is 9.97. The Bertz CT molecular complexity index is 899. The number of carbonyl (C=O) groups is 3. The van der Waals surface area contributed by atoms with Crippen LogP contribution in [0.15, 0.2) is 12.1 Å². The maximum atomic E-state index is 13.0. The summed E-state index contributed by atoms with van der Waals surface area (Å²) in [6, 6.07) is 2.68. The number of aromatic nitrogens is 1. The molecular formula is C26H41N5O5. The van der Waals surface area contributed by atoms with Crippen molar-refractivity contribution in [1.82, 2.24) is 20.1 Å². The highest BCUT2D eigenvalue weighted by Crippen LogP contribution is 2.21. The van der Waals surface area contributed by atoms with Crippen molar-refractivity contribution >= 4 is 23.9 Å². The van der Waals surface area contributed by atoms with E-state index >= 15 is 0 Å². The molecule has 0 saturated carbocycles. The van der Waals surface area contributed by atoms with Gasteiger partial charge in [-0.25, -0.2) is 19.4 Å². The predicted molar refractivity (Wildman–Crippen MR) is 137 cm³/mol. The number of carbonyl (C=O) groups excluding carboxylic acids is 2. The molecule has 2 aliphatic heterocycles. The molecule has 1 unspecified atom stereocenters. The molecule has 3 N–H and O–H groups in total. The summed E-state index contributed by atoms with van der Waals surface area (Å²) in [4.78, 5) is 44.3. The summed E-state index contributed by atoms with van der Waals surface area (Å²) in [6.07, 6.45) is 7.72. The highest BCUT2D eigenvalue weighted by Gasteiger charge is 2.36. The lowest BCUT2D eigenvalue weighted by Gasteiger charge is -2.43. The van der Waals surface area contributed by atoms with Crippen LogP contribution in [0.1, 0.15) is 70.1 Å². The SMILES string of the molecule is COC(=O)C(CCCCCCCc1ccc2c(n1)NCCC2)NC(=O)N1[C@H](C)CN(C(=O)O)C[C@@H]1C. The number of fused-ring (bicyclic) bond motifs is 1. The van der Waals surface area contributed by atoms with E-state index in [2.05, 4.69) is 22.8 Å². The normalized spacial score (nSPS) is 20.2. The number of carboxylic acid groups (broad SMARTS) is 1. The highest BCUT2D eigenvalue weighted by atomic mass is 16.5. The molecule has 3 rings (SSSR count). The van der Waals surface area contributed by atoms with Gasteiger partial charge in [0, 0.05) is 37.4 Å². The van der Waals surface area contributed by atoms with Crippen molar-refractivity contribution in [3.8, 4) is 0 Å². The first kappa shape index (κ1) is 27.5. The van der Waals surface area contributed by atoms with Gasteiger partial charge in [-0.3, -0.25) is 0 Å². The molecule has 36 heavy (non-hydrogen) atoms. The van der Waals surface area contributed by atoms with Crippen molar-refractivity contribution in [2.75, 3.05) is 32.1 Å². The smallest absolute Gasteiger partial charge is 0.407 e. The molecule has 0 aliphatic carbocycles. The number of methoxy groups -OCH3 is 1. The van der Waals surface area contributed by atoms with Crippen LogP contribution in [0.5, 0.6) is 0 Å². The first-order chi connectivity index (χ1) is 17.3. The van der Waals surface area contributed by atoms with Gasteiger partial charge in [0.05, 0.1) is 7.11 Å². The molecule has 10 heteroatoms. The van der Waals surface area contributed by atoms with Crippen molar-refractivity contribution in [3.05, 3.63) is 23.4 Å². The number of hydrogen-bond acceptors (Lipinski definition) is 6. The van der Waals surface area contributed by atoms with Crippen molar-refractivity contribution in [3.63, 3.8) is 0 Å². The van der Waals surface area contributed by atoms with Gasteiger partial charge in [0.25, 0.3) is 0 Å². The number of urea groups is 1. The summed E-state index contributed by atoms with van der Waals surface area (Å²) in [6.45, 7) is 5.11. The lowest BCUT2D eigenvalue weighted by Crippen LogP contribution is -2.62. The van der Waals surface area contributed by atoms with E-state index in [1.54, 1.807) is 4.90 Å². The molecule has 1 aromatic rings. The Labute approximate surface area is 213 Å². The summed E-state index contributed by atoms with van der Waals surface area (Å²) in [5.41, 5.74) is 2.44. The number of rotatable bonds is 10. The van der Waals surface area contributed by atoms with Crippen molar-refractivity contribution in [1.29, 1.82) is 0 Å². The second kappa shape index (κ2) is 13.3. The largest absolute Gasteiger partial charge is 0.467 e. The van der Waals surface area contributed by atoms with Crippen LogP contribution >= 0.6 is 0 Å². The number of anilines is 1. The molecule has 2 aliphatic rings. The molecule has 10 nitrogen and oxygen atoms in total. The van der Waals surface area contributed by atoms with Gasteiger partial charge in [-0.2, -0.15) is 0 Å². The number of nitrogens with one attached hydrogen (secondary N) is 2. The summed E-state index contributed by atoms with van der Waals surface area (Å²) in [7, 11) is 1.32. The number of ether oxygens (including phenoxy) is 1. The third kappa shape index (κ3) is 7.48. The Balaban J connectivity index is 1.38. The first-order valence-corrected chi connectivity index (χ1v) is 13.2. The quantitative estimate of drug-likeness (QED) is 0.329. The van der Waals surface area contributed by atoms with Crippen LogP contribution in [-0.4, -0.2) is 82.9 Å². The Kier molecular flexibility index (Phi) is 10.2. The van der Waals surface area contributed by atoms with Gasteiger partial charge in [-0.15, -0.1) is 0 Å². The highest BCUT2D eigenvalue weighted by molar-refractivity contribution is 5.84. The average molecular weight is 504 g/mol.